The Morgan fingerprint density at radius 3 is 2.39 bits per heavy atom. The van der Waals surface area contributed by atoms with Gasteiger partial charge in [-0.25, -0.2) is 0 Å². The maximum absolute atomic E-state index is 5.86. The Kier molecular flexibility index (Phi) is 6.85. The van der Waals surface area contributed by atoms with E-state index in [1.165, 1.54) is 8.66 Å². The SMILES string of the molecule is CCNC(Cc1ccc(Br)s1)C(CC)(CC)OC. The summed E-state index contributed by atoms with van der Waals surface area (Å²) in [5.41, 5.74) is -0.0630. The molecule has 1 rings (SSSR count). The first-order valence-electron chi connectivity index (χ1n) is 6.64. The molecule has 0 aliphatic rings. The van der Waals surface area contributed by atoms with Crippen molar-refractivity contribution in [3.8, 4) is 0 Å². The number of rotatable bonds is 8. The molecule has 1 heterocycles. The topological polar surface area (TPSA) is 21.3 Å². The van der Waals surface area contributed by atoms with Gasteiger partial charge in [0.15, 0.2) is 0 Å². The van der Waals surface area contributed by atoms with E-state index in [9.17, 15) is 0 Å². The molecule has 1 N–H and O–H groups in total. The van der Waals surface area contributed by atoms with Crippen LogP contribution in [-0.2, 0) is 11.2 Å². The fourth-order valence-corrected chi connectivity index (χ4v) is 4.06. The Morgan fingerprint density at radius 2 is 2.00 bits per heavy atom. The highest BCUT2D eigenvalue weighted by atomic mass is 79.9. The molecule has 104 valence electrons. The van der Waals surface area contributed by atoms with E-state index in [0.29, 0.717) is 6.04 Å². The number of methoxy groups -OCH3 is 1. The molecule has 0 aliphatic heterocycles. The molecule has 2 nitrogen and oxygen atoms in total. The van der Waals surface area contributed by atoms with E-state index in [2.05, 4.69) is 54.2 Å². The number of ether oxygens (including phenoxy) is 1. The summed E-state index contributed by atoms with van der Waals surface area (Å²) in [4.78, 5) is 1.40. The highest BCUT2D eigenvalue weighted by molar-refractivity contribution is 9.11. The van der Waals surface area contributed by atoms with Crippen LogP contribution in [0.2, 0.25) is 0 Å². The van der Waals surface area contributed by atoms with E-state index in [0.717, 1.165) is 25.8 Å². The second-order valence-corrected chi connectivity index (χ2v) is 7.04. The third-order valence-electron chi connectivity index (χ3n) is 3.72. The van der Waals surface area contributed by atoms with E-state index < -0.39 is 0 Å². The Hall–Kier alpha value is 0.1000. The van der Waals surface area contributed by atoms with Gasteiger partial charge in [-0.1, -0.05) is 20.8 Å². The zero-order chi connectivity index (χ0) is 13.6. The van der Waals surface area contributed by atoms with Gasteiger partial charge in [-0.2, -0.15) is 0 Å². The quantitative estimate of drug-likeness (QED) is 0.768. The van der Waals surface area contributed by atoms with Gasteiger partial charge < -0.3 is 10.1 Å². The summed E-state index contributed by atoms with van der Waals surface area (Å²) in [6.45, 7) is 7.55. The highest BCUT2D eigenvalue weighted by Crippen LogP contribution is 2.30. The predicted octanol–water partition coefficient (Wildman–Crippen LogP) is 4.24. The van der Waals surface area contributed by atoms with E-state index in [4.69, 9.17) is 4.74 Å². The molecule has 0 aliphatic carbocycles. The van der Waals surface area contributed by atoms with Crippen LogP contribution < -0.4 is 5.32 Å². The third kappa shape index (κ3) is 3.80. The van der Waals surface area contributed by atoms with Crippen molar-refractivity contribution in [2.24, 2.45) is 0 Å². The number of thiophene rings is 1. The van der Waals surface area contributed by atoms with Crippen molar-refractivity contribution in [2.45, 2.75) is 51.7 Å². The second kappa shape index (κ2) is 7.63. The fraction of sp³-hybridized carbons (Fsp3) is 0.714. The minimum absolute atomic E-state index is 0.0630. The number of hydrogen-bond donors (Lipinski definition) is 1. The Morgan fingerprint density at radius 1 is 1.33 bits per heavy atom. The van der Waals surface area contributed by atoms with Gasteiger partial charge in [0.05, 0.1) is 9.39 Å². The van der Waals surface area contributed by atoms with Crippen LogP contribution in [0, 0.1) is 0 Å². The molecule has 4 heteroatoms. The van der Waals surface area contributed by atoms with Gasteiger partial charge in [-0.3, -0.25) is 0 Å². The summed E-state index contributed by atoms with van der Waals surface area (Å²) in [5.74, 6) is 0. The summed E-state index contributed by atoms with van der Waals surface area (Å²) in [5, 5.41) is 3.60. The van der Waals surface area contributed by atoms with E-state index >= 15 is 0 Å². The molecule has 0 aromatic carbocycles. The van der Waals surface area contributed by atoms with Crippen molar-refractivity contribution in [1.29, 1.82) is 0 Å². The molecule has 1 unspecified atom stereocenters. The standard InChI is InChI=1S/C14H24BrNOS/c1-5-14(6-2,17-4)12(16-7-3)10-11-8-9-13(15)18-11/h8-9,12,16H,5-7,10H2,1-4H3. The molecule has 0 spiro atoms. The van der Waals surface area contributed by atoms with Crippen LogP contribution in [0.25, 0.3) is 0 Å². The second-order valence-electron chi connectivity index (χ2n) is 4.50. The monoisotopic (exact) mass is 333 g/mol. The van der Waals surface area contributed by atoms with Crippen LogP contribution in [0.15, 0.2) is 15.9 Å². The van der Waals surface area contributed by atoms with Crippen molar-refractivity contribution in [3.63, 3.8) is 0 Å². The van der Waals surface area contributed by atoms with Crippen molar-refractivity contribution >= 4 is 27.3 Å². The first kappa shape index (κ1) is 16.2. The molecule has 1 aromatic heterocycles. The highest BCUT2D eigenvalue weighted by Gasteiger charge is 2.35. The van der Waals surface area contributed by atoms with Crippen LogP contribution >= 0.6 is 27.3 Å². The smallest absolute Gasteiger partial charge is 0.0829 e. The van der Waals surface area contributed by atoms with E-state index in [1.54, 1.807) is 0 Å². The van der Waals surface area contributed by atoms with Gasteiger partial charge in [-0.05, 0) is 53.9 Å². The lowest BCUT2D eigenvalue weighted by Gasteiger charge is -2.39. The van der Waals surface area contributed by atoms with Crippen LogP contribution in [0.1, 0.15) is 38.5 Å². The van der Waals surface area contributed by atoms with E-state index in [1.807, 2.05) is 18.4 Å². The average molecular weight is 334 g/mol. The lowest BCUT2D eigenvalue weighted by atomic mass is 9.85. The molecule has 18 heavy (non-hydrogen) atoms. The maximum Gasteiger partial charge on any atom is 0.0829 e. The fourth-order valence-electron chi connectivity index (χ4n) is 2.53. The Bertz CT molecular complexity index is 341. The van der Waals surface area contributed by atoms with E-state index in [-0.39, 0.29) is 5.60 Å². The molecule has 0 fully saturated rings. The van der Waals surface area contributed by atoms with Gasteiger partial charge >= 0.3 is 0 Å². The summed E-state index contributed by atoms with van der Waals surface area (Å²) in [6.07, 6.45) is 3.09. The average Bonchev–Trinajstić information content (AvgIpc) is 2.78. The van der Waals surface area contributed by atoms with Crippen LogP contribution in [-0.4, -0.2) is 25.3 Å². The van der Waals surface area contributed by atoms with Crippen LogP contribution in [0.3, 0.4) is 0 Å². The molecule has 0 saturated carbocycles. The number of hydrogen-bond acceptors (Lipinski definition) is 3. The molecule has 1 atom stereocenters. The van der Waals surface area contributed by atoms with Crippen molar-refractivity contribution in [2.75, 3.05) is 13.7 Å². The minimum Gasteiger partial charge on any atom is -0.377 e. The summed E-state index contributed by atoms with van der Waals surface area (Å²) in [7, 11) is 1.83. The molecule has 0 amide bonds. The van der Waals surface area contributed by atoms with Crippen molar-refractivity contribution < 1.29 is 4.74 Å². The number of likely N-dealkylation sites (N-methyl/N-ethyl adjacent to an activating group) is 1. The lowest BCUT2D eigenvalue weighted by Crippen LogP contribution is -2.52. The Labute approximate surface area is 123 Å². The van der Waals surface area contributed by atoms with Crippen molar-refractivity contribution in [1.82, 2.24) is 5.32 Å². The molecular weight excluding hydrogens is 310 g/mol. The molecule has 0 bridgehead atoms. The summed E-state index contributed by atoms with van der Waals surface area (Å²) >= 11 is 5.34. The van der Waals surface area contributed by atoms with Gasteiger partial charge in [0.25, 0.3) is 0 Å². The predicted molar refractivity (Wildman–Crippen MR) is 83.5 cm³/mol. The molecule has 0 saturated heterocycles. The minimum atomic E-state index is -0.0630. The normalized spacial score (nSPS) is 13.8. The number of halogens is 1. The first-order valence-corrected chi connectivity index (χ1v) is 8.25. The van der Waals surface area contributed by atoms with Gasteiger partial charge in [0.2, 0.25) is 0 Å². The third-order valence-corrected chi connectivity index (χ3v) is 5.37. The van der Waals surface area contributed by atoms with Crippen molar-refractivity contribution in [3.05, 3.63) is 20.8 Å². The molecule has 0 radical (unpaired) electrons. The maximum atomic E-state index is 5.86. The summed E-state index contributed by atoms with van der Waals surface area (Å²) < 4.78 is 7.06. The van der Waals surface area contributed by atoms with Gasteiger partial charge in [-0.15, -0.1) is 11.3 Å². The molecule has 1 aromatic rings. The number of nitrogens with one attached hydrogen (secondary N) is 1. The first-order chi connectivity index (χ1) is 8.61. The Balaban J connectivity index is 2.86. The zero-order valence-corrected chi connectivity index (χ0v) is 14.2. The zero-order valence-electron chi connectivity index (χ0n) is 11.8. The largest absolute Gasteiger partial charge is 0.377 e. The van der Waals surface area contributed by atoms with Crippen LogP contribution in [0.4, 0.5) is 0 Å². The van der Waals surface area contributed by atoms with Crippen LogP contribution in [0.5, 0.6) is 0 Å². The van der Waals surface area contributed by atoms with Gasteiger partial charge in [0, 0.05) is 18.0 Å². The van der Waals surface area contributed by atoms with Gasteiger partial charge in [0.1, 0.15) is 0 Å². The summed E-state index contributed by atoms with van der Waals surface area (Å²) in [6, 6.07) is 4.69. The lowest BCUT2D eigenvalue weighted by molar-refractivity contribution is -0.0466. The molecular formula is C14H24BrNOS.